The average Bonchev–Trinajstić information content (AvgIpc) is 3.33. The second kappa shape index (κ2) is 7.67. The summed E-state index contributed by atoms with van der Waals surface area (Å²) in [6.07, 6.45) is 6.75. The Hall–Kier alpha value is -4.20. The van der Waals surface area contributed by atoms with E-state index < -0.39 is 11.9 Å². The van der Waals surface area contributed by atoms with E-state index in [1.165, 1.54) is 18.5 Å². The van der Waals surface area contributed by atoms with Gasteiger partial charge in [-0.25, -0.2) is 4.39 Å². The van der Waals surface area contributed by atoms with Gasteiger partial charge in [-0.2, -0.15) is 0 Å². The van der Waals surface area contributed by atoms with E-state index >= 15 is 0 Å². The molecule has 0 bridgehead atoms. The van der Waals surface area contributed by atoms with Crippen LogP contribution in [0.2, 0.25) is 0 Å². The summed E-state index contributed by atoms with van der Waals surface area (Å²) < 4.78 is 24.9. The Balaban J connectivity index is 1.62. The van der Waals surface area contributed by atoms with Gasteiger partial charge in [0.05, 0.1) is 17.4 Å². The fraction of sp³-hybridized carbons (Fsp3) is 0.0455. The van der Waals surface area contributed by atoms with Gasteiger partial charge >= 0.3 is 0 Å². The summed E-state index contributed by atoms with van der Waals surface area (Å²) in [4.78, 5) is 12.8. The summed E-state index contributed by atoms with van der Waals surface area (Å²) in [6, 6.07) is 14.2. The summed E-state index contributed by atoms with van der Waals surface area (Å²) in [6.45, 7) is 0. The first-order valence-electron chi connectivity index (χ1n) is 9.11. The number of hydrogen-bond donors (Lipinski definition) is 0. The first-order chi connectivity index (χ1) is 14.8. The van der Waals surface area contributed by atoms with Crippen molar-refractivity contribution in [3.05, 3.63) is 97.1 Å². The monoisotopic (exact) mass is 399 g/mol. The van der Waals surface area contributed by atoms with Crippen LogP contribution in [-0.2, 0) is 0 Å². The first-order valence-corrected chi connectivity index (χ1v) is 9.11. The third-order valence-corrected chi connectivity index (χ3v) is 4.52. The molecular formula is C22H14FN5O2. The molecule has 0 saturated heterocycles. The van der Waals surface area contributed by atoms with Gasteiger partial charge < -0.3 is 9.15 Å². The Morgan fingerprint density at radius 3 is 2.67 bits per heavy atom. The third kappa shape index (κ3) is 3.46. The standard InChI is InChI=1S/C22H14FN5O2/c23-16-5-6-19(26-12-16)21(22-28-27-13-29-22)30-17-9-14-3-2-8-25-20(14)18(10-17)15-4-1-7-24-11-15/h1-13,21H. The zero-order valence-corrected chi connectivity index (χ0v) is 15.5. The molecule has 5 rings (SSSR count). The summed E-state index contributed by atoms with van der Waals surface area (Å²) in [5.41, 5.74) is 3.04. The number of halogens is 1. The molecule has 7 nitrogen and oxygen atoms in total. The van der Waals surface area contributed by atoms with Crippen molar-refractivity contribution >= 4 is 10.9 Å². The normalized spacial score (nSPS) is 12.0. The maximum Gasteiger partial charge on any atom is 0.263 e. The Labute approximate surface area is 170 Å². The highest BCUT2D eigenvalue weighted by atomic mass is 19.1. The number of pyridine rings is 3. The van der Waals surface area contributed by atoms with Crippen molar-refractivity contribution in [2.45, 2.75) is 6.10 Å². The van der Waals surface area contributed by atoms with Gasteiger partial charge in [0.15, 0.2) is 0 Å². The number of ether oxygens (including phenoxy) is 1. The van der Waals surface area contributed by atoms with E-state index in [9.17, 15) is 4.39 Å². The van der Waals surface area contributed by atoms with Gasteiger partial charge in [-0.3, -0.25) is 15.0 Å². The average molecular weight is 399 g/mol. The maximum atomic E-state index is 13.4. The van der Waals surface area contributed by atoms with Crippen LogP contribution in [0.1, 0.15) is 17.7 Å². The highest BCUT2D eigenvalue weighted by Gasteiger charge is 2.24. The van der Waals surface area contributed by atoms with Crippen LogP contribution in [0.4, 0.5) is 4.39 Å². The highest BCUT2D eigenvalue weighted by Crippen LogP contribution is 2.34. The van der Waals surface area contributed by atoms with Gasteiger partial charge in [-0.1, -0.05) is 12.1 Å². The lowest BCUT2D eigenvalue weighted by Crippen LogP contribution is -2.12. The molecule has 0 amide bonds. The van der Waals surface area contributed by atoms with Crippen molar-refractivity contribution in [3.8, 4) is 16.9 Å². The summed E-state index contributed by atoms with van der Waals surface area (Å²) in [7, 11) is 0. The van der Waals surface area contributed by atoms with Crippen LogP contribution in [0.3, 0.4) is 0 Å². The molecule has 4 heterocycles. The predicted molar refractivity (Wildman–Crippen MR) is 106 cm³/mol. The van der Waals surface area contributed by atoms with Gasteiger partial charge in [0, 0.05) is 35.1 Å². The van der Waals surface area contributed by atoms with Crippen molar-refractivity contribution in [2.75, 3.05) is 0 Å². The van der Waals surface area contributed by atoms with Crippen molar-refractivity contribution in [1.82, 2.24) is 25.1 Å². The second-order valence-electron chi connectivity index (χ2n) is 6.46. The SMILES string of the molecule is Fc1ccc(C(Oc2cc(-c3cccnc3)c3ncccc3c2)c2nnco2)nc1. The van der Waals surface area contributed by atoms with Gasteiger partial charge in [0.2, 0.25) is 12.5 Å². The van der Waals surface area contributed by atoms with E-state index in [4.69, 9.17) is 9.15 Å². The topological polar surface area (TPSA) is 86.8 Å². The zero-order valence-electron chi connectivity index (χ0n) is 15.5. The minimum atomic E-state index is -0.802. The summed E-state index contributed by atoms with van der Waals surface area (Å²) >= 11 is 0. The molecule has 0 N–H and O–H groups in total. The molecule has 1 unspecified atom stereocenters. The molecule has 0 aliphatic rings. The molecule has 8 heteroatoms. The molecule has 0 aliphatic carbocycles. The molecule has 0 aliphatic heterocycles. The maximum absolute atomic E-state index is 13.4. The van der Waals surface area contributed by atoms with E-state index in [2.05, 4.69) is 25.1 Å². The van der Waals surface area contributed by atoms with Crippen LogP contribution in [0, 0.1) is 5.82 Å². The summed E-state index contributed by atoms with van der Waals surface area (Å²) in [5, 5.41) is 8.58. The number of aromatic nitrogens is 5. The minimum absolute atomic E-state index is 0.211. The zero-order chi connectivity index (χ0) is 20.3. The van der Waals surface area contributed by atoms with Gasteiger partial charge in [0.25, 0.3) is 5.89 Å². The largest absolute Gasteiger partial charge is 0.474 e. The lowest BCUT2D eigenvalue weighted by molar-refractivity contribution is 0.203. The molecule has 1 atom stereocenters. The minimum Gasteiger partial charge on any atom is -0.474 e. The van der Waals surface area contributed by atoms with Crippen LogP contribution >= 0.6 is 0 Å². The Morgan fingerprint density at radius 1 is 0.967 bits per heavy atom. The number of fused-ring (bicyclic) bond motifs is 1. The molecule has 5 aromatic rings. The third-order valence-electron chi connectivity index (χ3n) is 4.52. The molecule has 1 aromatic carbocycles. The van der Waals surface area contributed by atoms with Gasteiger partial charge in [0.1, 0.15) is 11.6 Å². The van der Waals surface area contributed by atoms with Crippen LogP contribution in [-0.4, -0.2) is 25.1 Å². The number of rotatable bonds is 5. The van der Waals surface area contributed by atoms with E-state index in [0.29, 0.717) is 11.4 Å². The van der Waals surface area contributed by atoms with E-state index in [-0.39, 0.29) is 5.89 Å². The molecule has 0 radical (unpaired) electrons. The van der Waals surface area contributed by atoms with Crippen molar-refractivity contribution in [3.63, 3.8) is 0 Å². The Kier molecular flexibility index (Phi) is 4.57. The first kappa shape index (κ1) is 17.9. The quantitative estimate of drug-likeness (QED) is 0.433. The molecule has 4 aromatic heterocycles. The smallest absolute Gasteiger partial charge is 0.263 e. The molecular weight excluding hydrogens is 385 g/mol. The fourth-order valence-corrected chi connectivity index (χ4v) is 3.19. The van der Waals surface area contributed by atoms with Gasteiger partial charge in [-0.05, 0) is 36.4 Å². The van der Waals surface area contributed by atoms with E-state index in [1.54, 1.807) is 18.6 Å². The van der Waals surface area contributed by atoms with Crippen LogP contribution in [0.5, 0.6) is 5.75 Å². The Bertz CT molecular complexity index is 1280. The number of benzene rings is 1. The highest BCUT2D eigenvalue weighted by molar-refractivity contribution is 5.94. The van der Waals surface area contributed by atoms with Crippen molar-refractivity contribution < 1.29 is 13.5 Å². The lowest BCUT2D eigenvalue weighted by Gasteiger charge is -2.17. The van der Waals surface area contributed by atoms with Crippen LogP contribution in [0.15, 0.2) is 84.1 Å². The predicted octanol–water partition coefficient (Wildman–Crippen LogP) is 4.38. The number of nitrogens with zero attached hydrogens (tertiary/aromatic N) is 5. The lowest BCUT2D eigenvalue weighted by atomic mass is 10.0. The van der Waals surface area contributed by atoms with E-state index in [1.807, 2.05) is 36.4 Å². The number of hydrogen-bond acceptors (Lipinski definition) is 7. The molecule has 0 spiro atoms. The van der Waals surface area contributed by atoms with Crippen LogP contribution < -0.4 is 4.74 Å². The molecule has 146 valence electrons. The molecule has 30 heavy (non-hydrogen) atoms. The van der Waals surface area contributed by atoms with Crippen LogP contribution in [0.25, 0.3) is 22.0 Å². The fourth-order valence-electron chi connectivity index (χ4n) is 3.19. The summed E-state index contributed by atoms with van der Waals surface area (Å²) in [5.74, 6) is 0.311. The van der Waals surface area contributed by atoms with Crippen molar-refractivity contribution in [2.24, 2.45) is 0 Å². The Morgan fingerprint density at radius 2 is 1.90 bits per heavy atom. The molecule has 0 fully saturated rings. The second-order valence-corrected chi connectivity index (χ2v) is 6.46. The van der Waals surface area contributed by atoms with Crippen molar-refractivity contribution in [1.29, 1.82) is 0 Å². The van der Waals surface area contributed by atoms with E-state index in [0.717, 1.165) is 28.2 Å². The van der Waals surface area contributed by atoms with Gasteiger partial charge in [-0.15, -0.1) is 10.2 Å². The molecule has 0 saturated carbocycles.